The van der Waals surface area contributed by atoms with Crippen LogP contribution in [-0.4, -0.2) is 69.4 Å². The largest absolute Gasteiger partial charge is 0.468 e. The van der Waals surface area contributed by atoms with Gasteiger partial charge in [0.25, 0.3) is 0 Å². The summed E-state index contributed by atoms with van der Waals surface area (Å²) in [6, 6.07) is 7.03. The predicted octanol–water partition coefficient (Wildman–Crippen LogP) is 3.87. The molecule has 0 bridgehead atoms. The molecule has 1 unspecified atom stereocenters. The van der Waals surface area contributed by atoms with Crippen LogP contribution in [0.3, 0.4) is 0 Å². The van der Waals surface area contributed by atoms with Gasteiger partial charge in [-0.05, 0) is 68.5 Å². The van der Waals surface area contributed by atoms with E-state index in [-0.39, 0.29) is 6.61 Å². The number of methoxy groups -OCH3 is 1. The highest BCUT2D eigenvalue weighted by atomic mass is 19.4. The number of nitrogens with zero attached hydrogens (tertiary/aromatic N) is 5. The van der Waals surface area contributed by atoms with E-state index in [0.717, 1.165) is 66.8 Å². The number of halogens is 3. The van der Waals surface area contributed by atoms with Crippen molar-refractivity contribution in [2.24, 2.45) is 5.92 Å². The zero-order valence-electron chi connectivity index (χ0n) is 21.3. The second-order valence-corrected chi connectivity index (χ2v) is 10.2. The van der Waals surface area contributed by atoms with Gasteiger partial charge in [-0.25, -0.2) is 9.97 Å². The van der Waals surface area contributed by atoms with E-state index in [1.165, 1.54) is 19.2 Å². The Kier molecular flexibility index (Phi) is 7.58. The molecule has 2 aliphatic rings. The van der Waals surface area contributed by atoms with E-state index >= 15 is 0 Å². The van der Waals surface area contributed by atoms with Crippen molar-refractivity contribution in [1.29, 1.82) is 0 Å². The smallest absolute Gasteiger partial charge is 0.416 e. The fourth-order valence-corrected chi connectivity index (χ4v) is 5.33. The molecule has 38 heavy (non-hydrogen) atoms. The predicted molar refractivity (Wildman–Crippen MR) is 135 cm³/mol. The lowest BCUT2D eigenvalue weighted by Gasteiger charge is -2.35. The number of alkyl halides is 3. The van der Waals surface area contributed by atoms with Gasteiger partial charge < -0.3 is 19.3 Å². The van der Waals surface area contributed by atoms with Crippen molar-refractivity contribution in [2.45, 2.75) is 57.0 Å². The maximum absolute atomic E-state index is 13.0. The quantitative estimate of drug-likeness (QED) is 0.420. The lowest BCUT2D eigenvalue weighted by atomic mass is 9.95. The third-order valence-electron chi connectivity index (χ3n) is 7.62. The summed E-state index contributed by atoms with van der Waals surface area (Å²) in [6.07, 6.45) is 3.03. The standard InChI is InChI=1S/C27H32F3N5O3/c1-38-26(37)23(16-36)33-11-8-19(9-12-33)14-34-13-10-22-24(34)31-17-32-25(22)35(21-6-7-21)15-18-2-4-20(5-3-18)27(28,29)30/h2-5,10,13,17,19,21,23,36H,6-9,11-12,14-16H2,1H3. The summed E-state index contributed by atoms with van der Waals surface area (Å²) in [6.45, 7) is 2.40. The van der Waals surface area contributed by atoms with Gasteiger partial charge in [0, 0.05) is 25.3 Å². The summed E-state index contributed by atoms with van der Waals surface area (Å²) in [4.78, 5) is 25.3. The van der Waals surface area contributed by atoms with Crippen molar-refractivity contribution in [2.75, 3.05) is 31.7 Å². The van der Waals surface area contributed by atoms with Crippen LogP contribution in [0, 0.1) is 5.92 Å². The van der Waals surface area contributed by atoms with E-state index in [9.17, 15) is 23.1 Å². The summed E-state index contributed by atoms with van der Waals surface area (Å²) < 4.78 is 45.9. The lowest BCUT2D eigenvalue weighted by Crippen LogP contribution is -2.48. The summed E-state index contributed by atoms with van der Waals surface area (Å²) >= 11 is 0. The van der Waals surface area contributed by atoms with Crippen LogP contribution in [0.5, 0.6) is 0 Å². The van der Waals surface area contributed by atoms with Crippen LogP contribution in [-0.2, 0) is 28.8 Å². The highest BCUT2D eigenvalue weighted by Crippen LogP contribution is 2.36. The minimum absolute atomic E-state index is 0.261. The molecule has 5 rings (SSSR count). The van der Waals surface area contributed by atoms with Gasteiger partial charge >= 0.3 is 12.1 Å². The van der Waals surface area contributed by atoms with E-state index in [1.807, 2.05) is 17.2 Å². The van der Waals surface area contributed by atoms with E-state index in [2.05, 4.69) is 19.4 Å². The number of aliphatic hydroxyl groups is 1. The van der Waals surface area contributed by atoms with Gasteiger partial charge in [0.2, 0.25) is 0 Å². The Morgan fingerprint density at radius 2 is 1.84 bits per heavy atom. The van der Waals surface area contributed by atoms with Gasteiger partial charge in [0.1, 0.15) is 23.8 Å². The first-order valence-corrected chi connectivity index (χ1v) is 12.9. The molecule has 1 atom stereocenters. The molecular weight excluding hydrogens is 499 g/mol. The summed E-state index contributed by atoms with van der Waals surface area (Å²) in [5.74, 6) is 0.780. The number of rotatable bonds is 9. The van der Waals surface area contributed by atoms with Crippen molar-refractivity contribution < 1.29 is 27.8 Å². The SMILES string of the molecule is COC(=O)C(CO)N1CCC(Cn2ccc3c(N(Cc4ccc(C(F)(F)F)cc4)C4CC4)ncnc32)CC1. The number of benzene rings is 1. The molecule has 2 fully saturated rings. The molecule has 8 nitrogen and oxygen atoms in total. The van der Waals surface area contributed by atoms with Crippen molar-refractivity contribution >= 4 is 22.8 Å². The molecule has 0 radical (unpaired) electrons. The maximum atomic E-state index is 13.0. The maximum Gasteiger partial charge on any atom is 0.416 e. The van der Waals surface area contributed by atoms with Crippen LogP contribution in [0.2, 0.25) is 0 Å². The molecular formula is C27H32F3N5O3. The number of hydrogen-bond acceptors (Lipinski definition) is 7. The van der Waals surface area contributed by atoms with Crippen molar-refractivity contribution in [3.05, 3.63) is 54.0 Å². The van der Waals surface area contributed by atoms with Gasteiger partial charge in [-0.2, -0.15) is 13.2 Å². The number of esters is 1. The molecule has 0 amide bonds. The number of ether oxygens (including phenoxy) is 1. The van der Waals surface area contributed by atoms with E-state index in [1.54, 1.807) is 6.33 Å². The van der Waals surface area contributed by atoms with Crippen LogP contribution in [0.4, 0.5) is 19.0 Å². The lowest BCUT2D eigenvalue weighted by molar-refractivity contribution is -0.149. The molecule has 0 spiro atoms. The second kappa shape index (κ2) is 10.9. The van der Waals surface area contributed by atoms with Crippen LogP contribution in [0.1, 0.15) is 36.8 Å². The number of aromatic nitrogens is 3. The second-order valence-electron chi connectivity index (χ2n) is 10.2. The van der Waals surface area contributed by atoms with Gasteiger partial charge in [0.05, 0.1) is 24.7 Å². The van der Waals surface area contributed by atoms with Gasteiger partial charge in [0.15, 0.2) is 0 Å². The Balaban J connectivity index is 1.30. The molecule has 1 aliphatic heterocycles. The highest BCUT2D eigenvalue weighted by Gasteiger charge is 2.34. The number of hydrogen-bond donors (Lipinski definition) is 1. The average molecular weight is 532 g/mol. The normalized spacial score (nSPS) is 18.0. The average Bonchev–Trinajstić information content (AvgIpc) is 3.68. The Morgan fingerprint density at radius 1 is 1.13 bits per heavy atom. The van der Waals surface area contributed by atoms with Gasteiger partial charge in [-0.3, -0.25) is 9.69 Å². The molecule has 3 heterocycles. The zero-order valence-corrected chi connectivity index (χ0v) is 21.3. The van der Waals surface area contributed by atoms with Crippen molar-refractivity contribution in [3.63, 3.8) is 0 Å². The van der Waals surface area contributed by atoms with E-state index in [4.69, 9.17) is 4.74 Å². The number of anilines is 1. The number of piperidine rings is 1. The first kappa shape index (κ1) is 26.4. The first-order chi connectivity index (χ1) is 18.3. The third kappa shape index (κ3) is 5.63. The molecule has 204 valence electrons. The molecule has 11 heteroatoms. The Labute approximate surface area is 219 Å². The molecule has 2 aromatic heterocycles. The number of fused-ring (bicyclic) bond motifs is 1. The minimum Gasteiger partial charge on any atom is -0.468 e. The number of carbonyl (C=O) groups is 1. The third-order valence-corrected chi connectivity index (χ3v) is 7.62. The summed E-state index contributed by atoms with van der Waals surface area (Å²) in [5, 5.41) is 10.5. The highest BCUT2D eigenvalue weighted by molar-refractivity contribution is 5.88. The van der Waals surface area contributed by atoms with E-state index < -0.39 is 23.8 Å². The van der Waals surface area contributed by atoms with Crippen molar-refractivity contribution in [3.8, 4) is 0 Å². The Hall–Kier alpha value is -3.18. The van der Waals surface area contributed by atoms with Gasteiger partial charge in [-0.15, -0.1) is 0 Å². The Bertz CT molecular complexity index is 1250. The molecule has 1 saturated carbocycles. The van der Waals surface area contributed by atoms with Crippen LogP contribution >= 0.6 is 0 Å². The number of carbonyl (C=O) groups excluding carboxylic acids is 1. The summed E-state index contributed by atoms with van der Waals surface area (Å²) in [5.41, 5.74) is 0.984. The molecule has 1 N–H and O–H groups in total. The topological polar surface area (TPSA) is 83.7 Å². The fourth-order valence-electron chi connectivity index (χ4n) is 5.33. The number of likely N-dealkylation sites (tertiary alicyclic amines) is 1. The molecule has 3 aromatic rings. The number of aliphatic hydroxyl groups excluding tert-OH is 1. The summed E-state index contributed by atoms with van der Waals surface area (Å²) in [7, 11) is 1.33. The molecule has 1 saturated heterocycles. The van der Waals surface area contributed by atoms with Crippen LogP contribution < -0.4 is 4.90 Å². The molecule has 1 aliphatic carbocycles. The van der Waals surface area contributed by atoms with E-state index in [0.29, 0.717) is 31.6 Å². The fraction of sp³-hybridized carbons (Fsp3) is 0.519. The zero-order chi connectivity index (χ0) is 26.9. The van der Waals surface area contributed by atoms with Crippen LogP contribution in [0.15, 0.2) is 42.9 Å². The monoisotopic (exact) mass is 531 g/mol. The van der Waals surface area contributed by atoms with Gasteiger partial charge in [-0.1, -0.05) is 12.1 Å². The van der Waals surface area contributed by atoms with Crippen molar-refractivity contribution in [1.82, 2.24) is 19.4 Å². The molecule has 1 aromatic carbocycles. The Morgan fingerprint density at radius 3 is 2.45 bits per heavy atom. The van der Waals surface area contributed by atoms with Crippen LogP contribution in [0.25, 0.3) is 11.0 Å². The first-order valence-electron chi connectivity index (χ1n) is 12.9. The minimum atomic E-state index is -4.35.